The molecule has 1 N–H and O–H groups in total. The summed E-state index contributed by atoms with van der Waals surface area (Å²) < 4.78 is 1.04. The van der Waals surface area contributed by atoms with Crippen molar-refractivity contribution in [1.82, 2.24) is 9.97 Å². The Balaban J connectivity index is 2.07. The molecule has 0 atom stereocenters. The van der Waals surface area contributed by atoms with Crippen molar-refractivity contribution < 1.29 is 9.90 Å². The standard InChI is InChI=1S/C15H12N2O2S/c1-9-2-3-10(8-16-9)6-11-7-13(15(18)19)17-12-4-5-20-14(11)12/h2-5,7-8H,6H2,1H3,(H,18,19). The molecule has 0 saturated carbocycles. The molecule has 4 nitrogen and oxygen atoms in total. The van der Waals surface area contributed by atoms with Crippen LogP contribution in [0, 0.1) is 6.92 Å². The minimum atomic E-state index is -0.999. The lowest BCUT2D eigenvalue weighted by atomic mass is 10.1. The summed E-state index contributed by atoms with van der Waals surface area (Å²) in [5.41, 5.74) is 3.84. The molecule has 0 aromatic carbocycles. The zero-order chi connectivity index (χ0) is 14.1. The van der Waals surface area contributed by atoms with Crippen LogP contribution >= 0.6 is 11.3 Å². The van der Waals surface area contributed by atoms with Crippen LogP contribution in [-0.4, -0.2) is 21.0 Å². The molecule has 0 bridgehead atoms. The van der Waals surface area contributed by atoms with E-state index in [0.717, 1.165) is 27.0 Å². The highest BCUT2D eigenvalue weighted by Crippen LogP contribution is 2.26. The maximum Gasteiger partial charge on any atom is 0.354 e. The van der Waals surface area contributed by atoms with Crippen molar-refractivity contribution in [2.45, 2.75) is 13.3 Å². The van der Waals surface area contributed by atoms with E-state index in [0.29, 0.717) is 6.42 Å². The summed E-state index contributed by atoms with van der Waals surface area (Å²) >= 11 is 1.58. The first-order chi connectivity index (χ1) is 9.63. The summed E-state index contributed by atoms with van der Waals surface area (Å²) in [7, 11) is 0. The van der Waals surface area contributed by atoms with Gasteiger partial charge in [0.25, 0.3) is 0 Å². The molecule has 0 fully saturated rings. The van der Waals surface area contributed by atoms with Crippen LogP contribution in [0.15, 0.2) is 35.8 Å². The van der Waals surface area contributed by atoms with Crippen molar-refractivity contribution in [2.75, 3.05) is 0 Å². The number of hydrogen-bond donors (Lipinski definition) is 1. The van der Waals surface area contributed by atoms with E-state index in [1.807, 2.05) is 36.7 Å². The van der Waals surface area contributed by atoms with Gasteiger partial charge in [-0.2, -0.15) is 0 Å². The molecule has 3 rings (SSSR count). The number of aryl methyl sites for hydroxylation is 1. The van der Waals surface area contributed by atoms with Crippen molar-refractivity contribution in [2.24, 2.45) is 0 Å². The molecule has 0 saturated heterocycles. The molecule has 20 heavy (non-hydrogen) atoms. The number of hydrogen-bond acceptors (Lipinski definition) is 4. The predicted octanol–water partition coefficient (Wildman–Crippen LogP) is 3.29. The summed E-state index contributed by atoms with van der Waals surface area (Å²) in [6.45, 7) is 1.94. The van der Waals surface area contributed by atoms with E-state index >= 15 is 0 Å². The van der Waals surface area contributed by atoms with Crippen LogP contribution in [0.25, 0.3) is 10.2 Å². The van der Waals surface area contributed by atoms with E-state index in [9.17, 15) is 4.79 Å². The number of carboxylic acid groups (broad SMARTS) is 1. The fourth-order valence-corrected chi connectivity index (χ4v) is 2.94. The monoisotopic (exact) mass is 284 g/mol. The molecule has 0 aliphatic carbocycles. The van der Waals surface area contributed by atoms with Gasteiger partial charge in [-0.1, -0.05) is 6.07 Å². The molecular formula is C15H12N2O2S. The second-order valence-corrected chi connectivity index (χ2v) is 5.51. The molecule has 0 spiro atoms. The lowest BCUT2D eigenvalue weighted by Crippen LogP contribution is -2.02. The highest BCUT2D eigenvalue weighted by Gasteiger charge is 2.12. The van der Waals surface area contributed by atoms with Gasteiger partial charge in [-0.15, -0.1) is 11.3 Å². The molecule has 100 valence electrons. The molecule has 0 unspecified atom stereocenters. The van der Waals surface area contributed by atoms with Crippen LogP contribution in [0.3, 0.4) is 0 Å². The van der Waals surface area contributed by atoms with E-state index in [-0.39, 0.29) is 5.69 Å². The van der Waals surface area contributed by atoms with Crippen molar-refractivity contribution in [3.8, 4) is 0 Å². The summed E-state index contributed by atoms with van der Waals surface area (Å²) in [6, 6.07) is 7.48. The average Bonchev–Trinajstić information content (AvgIpc) is 2.89. The third kappa shape index (κ3) is 2.40. The zero-order valence-corrected chi connectivity index (χ0v) is 11.6. The molecule has 0 aliphatic rings. The first-order valence-corrected chi connectivity index (χ1v) is 7.03. The maximum absolute atomic E-state index is 11.1. The number of thiophene rings is 1. The Hall–Kier alpha value is -2.27. The van der Waals surface area contributed by atoms with Crippen LogP contribution in [0.4, 0.5) is 0 Å². The predicted molar refractivity (Wildman–Crippen MR) is 78.4 cm³/mol. The van der Waals surface area contributed by atoms with E-state index in [2.05, 4.69) is 9.97 Å². The number of nitrogens with zero attached hydrogens (tertiary/aromatic N) is 2. The second-order valence-electron chi connectivity index (χ2n) is 4.59. The number of rotatable bonds is 3. The molecule has 0 amide bonds. The summed E-state index contributed by atoms with van der Waals surface area (Å²) in [6.07, 6.45) is 2.49. The lowest BCUT2D eigenvalue weighted by molar-refractivity contribution is 0.0691. The van der Waals surface area contributed by atoms with Crippen LogP contribution in [0.1, 0.15) is 27.3 Å². The third-order valence-corrected chi connectivity index (χ3v) is 4.05. The molecule has 3 aromatic rings. The quantitative estimate of drug-likeness (QED) is 0.801. The van der Waals surface area contributed by atoms with Gasteiger partial charge in [0.05, 0.1) is 10.2 Å². The van der Waals surface area contributed by atoms with Crippen molar-refractivity contribution in [1.29, 1.82) is 0 Å². The van der Waals surface area contributed by atoms with Crippen LogP contribution in [-0.2, 0) is 6.42 Å². The molecule has 3 aromatic heterocycles. The van der Waals surface area contributed by atoms with E-state index < -0.39 is 5.97 Å². The van der Waals surface area contributed by atoms with E-state index in [1.54, 1.807) is 17.4 Å². The number of pyridine rings is 2. The van der Waals surface area contributed by atoms with E-state index in [1.165, 1.54) is 0 Å². The Kier molecular flexibility index (Phi) is 3.20. The van der Waals surface area contributed by atoms with Crippen molar-refractivity contribution in [3.63, 3.8) is 0 Å². The average molecular weight is 284 g/mol. The minimum absolute atomic E-state index is 0.0889. The van der Waals surface area contributed by atoms with Crippen LogP contribution < -0.4 is 0 Å². The van der Waals surface area contributed by atoms with Gasteiger partial charge in [0.1, 0.15) is 5.69 Å². The molecule has 0 aliphatic heterocycles. The molecule has 5 heteroatoms. The first-order valence-electron chi connectivity index (χ1n) is 6.15. The Bertz CT molecular complexity index is 778. The summed E-state index contributed by atoms with van der Waals surface area (Å²) in [5, 5.41) is 11.1. The normalized spacial score (nSPS) is 10.8. The van der Waals surface area contributed by atoms with Gasteiger partial charge >= 0.3 is 5.97 Å². The number of aromatic carboxylic acids is 1. The first kappa shape index (κ1) is 12.7. The number of fused-ring (bicyclic) bond motifs is 1. The maximum atomic E-state index is 11.1. The second kappa shape index (κ2) is 5.02. The summed E-state index contributed by atoms with van der Waals surface area (Å²) in [4.78, 5) is 19.6. The number of carbonyl (C=O) groups is 1. The van der Waals surface area contributed by atoms with E-state index in [4.69, 9.17) is 5.11 Å². The highest BCUT2D eigenvalue weighted by atomic mass is 32.1. The fourth-order valence-electron chi connectivity index (χ4n) is 2.09. The van der Waals surface area contributed by atoms with Gasteiger partial charge in [-0.05, 0) is 41.6 Å². The highest BCUT2D eigenvalue weighted by molar-refractivity contribution is 7.17. The SMILES string of the molecule is Cc1ccc(Cc2cc(C(=O)O)nc3ccsc23)cn1. The van der Waals surface area contributed by atoms with Gasteiger partial charge in [0, 0.05) is 18.3 Å². The third-order valence-electron chi connectivity index (χ3n) is 3.07. The Morgan fingerprint density at radius 1 is 1.35 bits per heavy atom. The number of carboxylic acids is 1. The van der Waals surface area contributed by atoms with Gasteiger partial charge in [0.2, 0.25) is 0 Å². The fraction of sp³-hybridized carbons (Fsp3) is 0.133. The largest absolute Gasteiger partial charge is 0.477 e. The van der Waals surface area contributed by atoms with Gasteiger partial charge in [-0.25, -0.2) is 9.78 Å². The smallest absolute Gasteiger partial charge is 0.354 e. The van der Waals surface area contributed by atoms with Crippen molar-refractivity contribution >= 4 is 27.5 Å². The molecular weight excluding hydrogens is 272 g/mol. The lowest BCUT2D eigenvalue weighted by Gasteiger charge is -2.05. The Morgan fingerprint density at radius 2 is 2.20 bits per heavy atom. The summed E-state index contributed by atoms with van der Waals surface area (Å²) in [5.74, 6) is -0.999. The Labute approximate surface area is 119 Å². The minimum Gasteiger partial charge on any atom is -0.477 e. The van der Waals surface area contributed by atoms with Crippen LogP contribution in [0.5, 0.6) is 0 Å². The number of aromatic nitrogens is 2. The molecule has 0 radical (unpaired) electrons. The molecule has 3 heterocycles. The topological polar surface area (TPSA) is 63.1 Å². The zero-order valence-electron chi connectivity index (χ0n) is 10.8. The van der Waals surface area contributed by atoms with Gasteiger partial charge < -0.3 is 5.11 Å². The Morgan fingerprint density at radius 3 is 2.90 bits per heavy atom. The van der Waals surface area contributed by atoms with Crippen molar-refractivity contribution in [3.05, 3.63) is 58.4 Å². The van der Waals surface area contributed by atoms with Crippen LogP contribution in [0.2, 0.25) is 0 Å². The van der Waals surface area contributed by atoms with Gasteiger partial charge in [0.15, 0.2) is 0 Å². The van der Waals surface area contributed by atoms with Gasteiger partial charge in [-0.3, -0.25) is 4.98 Å².